The topological polar surface area (TPSA) is 9.23 Å². The molecular weight excluding hydrogens is 220 g/mol. The second-order valence-corrected chi connectivity index (χ2v) is 6.17. The van der Waals surface area contributed by atoms with Gasteiger partial charge in [0.2, 0.25) is 0 Å². The van der Waals surface area contributed by atoms with Crippen LogP contribution in [0.25, 0.3) is 0 Å². The molecule has 0 spiro atoms. The predicted octanol–water partition coefficient (Wildman–Crippen LogP) is 4.88. The quantitative estimate of drug-likeness (QED) is 0.696. The van der Waals surface area contributed by atoms with Gasteiger partial charge in [-0.25, -0.2) is 0 Å². The summed E-state index contributed by atoms with van der Waals surface area (Å²) in [6.45, 7) is 14.0. The Morgan fingerprint density at radius 3 is 2.17 bits per heavy atom. The van der Waals surface area contributed by atoms with Crippen molar-refractivity contribution in [3.05, 3.63) is 35.2 Å². The summed E-state index contributed by atoms with van der Waals surface area (Å²) in [6, 6.07) is 6.63. The number of rotatable bonds is 6. The Labute approximate surface area is 113 Å². The van der Waals surface area contributed by atoms with Crippen molar-refractivity contribution < 1.29 is 4.74 Å². The van der Waals surface area contributed by atoms with Gasteiger partial charge in [-0.05, 0) is 47.4 Å². The molecule has 0 aliphatic carbocycles. The molecule has 0 saturated heterocycles. The number of hydrogen-bond donors (Lipinski definition) is 0. The van der Waals surface area contributed by atoms with E-state index in [1.54, 1.807) is 0 Å². The Bertz CT molecular complexity index is 364. The molecule has 1 nitrogen and oxygen atoms in total. The number of ether oxygens (including phenoxy) is 1. The minimum absolute atomic E-state index is 0.564. The molecule has 0 aliphatic heterocycles. The largest absolute Gasteiger partial charge is 0.493 e. The van der Waals surface area contributed by atoms with Gasteiger partial charge in [0, 0.05) is 0 Å². The molecule has 1 aromatic carbocycles. The van der Waals surface area contributed by atoms with E-state index < -0.39 is 0 Å². The summed E-state index contributed by atoms with van der Waals surface area (Å²) in [4.78, 5) is 0. The molecule has 0 saturated carbocycles. The van der Waals surface area contributed by atoms with E-state index in [0.29, 0.717) is 11.8 Å². The first-order valence-corrected chi connectivity index (χ1v) is 6.95. The van der Waals surface area contributed by atoms with E-state index in [0.717, 1.165) is 18.8 Å². The van der Waals surface area contributed by atoms with Crippen molar-refractivity contribution in [3.8, 4) is 5.75 Å². The van der Waals surface area contributed by atoms with E-state index in [-0.39, 0.29) is 0 Å². The minimum Gasteiger partial charge on any atom is -0.493 e. The van der Waals surface area contributed by atoms with Crippen LogP contribution in [-0.4, -0.2) is 6.61 Å². The first-order valence-electron chi connectivity index (χ1n) is 6.95. The smallest absolute Gasteiger partial charge is 0.119 e. The van der Waals surface area contributed by atoms with Crippen molar-refractivity contribution in [1.29, 1.82) is 0 Å². The molecule has 0 aliphatic rings. The lowest BCUT2D eigenvalue weighted by atomic mass is 9.96. The summed E-state index contributed by atoms with van der Waals surface area (Å²) in [7, 11) is 0. The Kier molecular flexibility index (Phi) is 5.71. The van der Waals surface area contributed by atoms with Crippen LogP contribution in [0.1, 0.15) is 52.7 Å². The third kappa shape index (κ3) is 5.12. The maximum atomic E-state index is 5.87. The monoisotopic (exact) mass is 247 g/mol. The fourth-order valence-electron chi connectivity index (χ4n) is 1.88. The molecule has 0 heterocycles. The molecule has 1 aromatic rings. The highest BCUT2D eigenvalue weighted by Gasteiger charge is 2.07. The van der Waals surface area contributed by atoms with Gasteiger partial charge in [0.05, 0.1) is 6.61 Å². The second kappa shape index (κ2) is 6.82. The van der Waals surface area contributed by atoms with Crippen molar-refractivity contribution >= 4 is 0 Å². The lowest BCUT2D eigenvalue weighted by Crippen LogP contribution is -2.06. The maximum Gasteiger partial charge on any atom is 0.119 e. The second-order valence-electron chi connectivity index (χ2n) is 6.17. The third-order valence-corrected chi connectivity index (χ3v) is 2.77. The maximum absolute atomic E-state index is 5.87. The molecule has 1 rings (SSSR count). The zero-order valence-electron chi connectivity index (χ0n) is 12.7. The van der Waals surface area contributed by atoms with Crippen LogP contribution in [0.3, 0.4) is 0 Å². The van der Waals surface area contributed by atoms with Gasteiger partial charge >= 0.3 is 0 Å². The van der Waals surface area contributed by atoms with Crippen molar-refractivity contribution in [1.82, 2.24) is 0 Å². The third-order valence-electron chi connectivity index (χ3n) is 2.77. The van der Waals surface area contributed by atoms with Crippen molar-refractivity contribution in [2.24, 2.45) is 11.8 Å². The Hall–Kier alpha value is -0.980. The zero-order valence-corrected chi connectivity index (χ0v) is 12.7. The van der Waals surface area contributed by atoms with E-state index >= 15 is 0 Å². The van der Waals surface area contributed by atoms with Gasteiger partial charge in [0.15, 0.2) is 0 Å². The molecule has 0 bridgehead atoms. The molecule has 0 unspecified atom stereocenters. The van der Waals surface area contributed by atoms with E-state index in [1.165, 1.54) is 17.0 Å². The normalized spacial score (nSPS) is 11.6. The summed E-state index contributed by atoms with van der Waals surface area (Å²) < 4.78 is 5.87. The van der Waals surface area contributed by atoms with Gasteiger partial charge in [0.25, 0.3) is 0 Å². The fourth-order valence-corrected chi connectivity index (χ4v) is 1.88. The van der Waals surface area contributed by atoms with Gasteiger partial charge in [-0.2, -0.15) is 0 Å². The summed E-state index contributed by atoms with van der Waals surface area (Å²) in [6.07, 6.45) is 1.11. The standard InChI is InChI=1S/C17H27O/c1-12(2)7-15-8-16(14(5)6)10-17(9-15)18-11-13(3)4/h8-10,12-13H,7,11H2,1-6H3. The van der Waals surface area contributed by atoms with Crippen molar-refractivity contribution in [2.75, 3.05) is 6.61 Å². The number of benzene rings is 1. The van der Waals surface area contributed by atoms with Gasteiger partial charge in [0.1, 0.15) is 5.75 Å². The molecule has 18 heavy (non-hydrogen) atoms. The molecule has 0 N–H and O–H groups in total. The van der Waals surface area contributed by atoms with Crippen LogP contribution < -0.4 is 4.74 Å². The average molecular weight is 247 g/mol. The zero-order chi connectivity index (χ0) is 13.7. The molecule has 0 aromatic heterocycles. The molecule has 1 radical (unpaired) electrons. The molecular formula is C17H27O. The first-order chi connectivity index (χ1) is 8.38. The van der Waals surface area contributed by atoms with Crippen LogP contribution in [0, 0.1) is 17.8 Å². The molecule has 0 amide bonds. The average Bonchev–Trinajstić information content (AvgIpc) is 2.25. The van der Waals surface area contributed by atoms with Crippen LogP contribution in [0.2, 0.25) is 0 Å². The van der Waals surface area contributed by atoms with Crippen LogP contribution in [0.15, 0.2) is 18.2 Å². The first kappa shape index (κ1) is 15.1. The van der Waals surface area contributed by atoms with Crippen LogP contribution in [0.4, 0.5) is 0 Å². The van der Waals surface area contributed by atoms with Crippen LogP contribution >= 0.6 is 0 Å². The van der Waals surface area contributed by atoms with Crippen LogP contribution in [0.5, 0.6) is 5.75 Å². The van der Waals surface area contributed by atoms with E-state index in [4.69, 9.17) is 4.74 Å². The van der Waals surface area contributed by atoms with E-state index in [1.807, 2.05) is 0 Å². The summed E-state index contributed by atoms with van der Waals surface area (Å²) in [5.74, 6) is 3.59. The van der Waals surface area contributed by atoms with E-state index in [9.17, 15) is 0 Å². The highest BCUT2D eigenvalue weighted by atomic mass is 16.5. The van der Waals surface area contributed by atoms with E-state index in [2.05, 4.69) is 59.7 Å². The van der Waals surface area contributed by atoms with Gasteiger partial charge in [-0.15, -0.1) is 0 Å². The lowest BCUT2D eigenvalue weighted by Gasteiger charge is -2.15. The van der Waals surface area contributed by atoms with Gasteiger partial charge < -0.3 is 4.74 Å². The van der Waals surface area contributed by atoms with Gasteiger partial charge in [-0.3, -0.25) is 0 Å². The minimum atomic E-state index is 0.564. The SMILES string of the molecule is C[C](C)c1cc(CC(C)C)cc(OCC(C)C)c1. The summed E-state index contributed by atoms with van der Waals surface area (Å²) in [5, 5.41) is 0. The van der Waals surface area contributed by atoms with Gasteiger partial charge in [-0.1, -0.05) is 47.6 Å². The lowest BCUT2D eigenvalue weighted by molar-refractivity contribution is 0.270. The van der Waals surface area contributed by atoms with Crippen molar-refractivity contribution in [2.45, 2.75) is 48.0 Å². The Morgan fingerprint density at radius 1 is 1.00 bits per heavy atom. The number of hydrogen-bond acceptors (Lipinski definition) is 1. The molecule has 0 fully saturated rings. The van der Waals surface area contributed by atoms with Crippen molar-refractivity contribution in [3.63, 3.8) is 0 Å². The van der Waals surface area contributed by atoms with Crippen LogP contribution in [-0.2, 0) is 6.42 Å². The summed E-state index contributed by atoms with van der Waals surface area (Å²) in [5.41, 5.74) is 2.68. The predicted molar refractivity (Wildman–Crippen MR) is 79.0 cm³/mol. The molecule has 101 valence electrons. The fraction of sp³-hybridized carbons (Fsp3) is 0.588. The highest BCUT2D eigenvalue weighted by Crippen LogP contribution is 2.24. The summed E-state index contributed by atoms with van der Waals surface area (Å²) >= 11 is 0. The molecule has 0 atom stereocenters. The Morgan fingerprint density at radius 2 is 1.67 bits per heavy atom. The Balaban J connectivity index is 2.91. The molecule has 1 heteroatoms. The highest BCUT2D eigenvalue weighted by molar-refractivity contribution is 5.40.